The molecule has 0 aromatic heterocycles. The zero-order valence-electron chi connectivity index (χ0n) is 6.89. The fourth-order valence-electron chi connectivity index (χ4n) is 0.464. The number of hydrogen-bond donors (Lipinski definition) is 0. The first kappa shape index (κ1) is 9.41. The number of hydrogen-bond acceptors (Lipinski definition) is 0. The maximum absolute atomic E-state index is 11.5. The van der Waals surface area contributed by atoms with Gasteiger partial charge in [-0.3, -0.25) is 0 Å². The molecule has 0 saturated carbocycles. The molecule has 0 nitrogen and oxygen atoms in total. The van der Waals surface area contributed by atoms with E-state index in [1.54, 1.807) is 6.08 Å². The van der Waals surface area contributed by atoms with Crippen molar-refractivity contribution in [3.8, 4) is 0 Å². The third-order valence-electron chi connectivity index (χ3n) is 1.49. The van der Waals surface area contributed by atoms with Crippen LogP contribution in [0.2, 0.25) is 0 Å². The zero-order chi connectivity index (χ0) is 7.98. The van der Waals surface area contributed by atoms with E-state index in [9.17, 15) is 4.39 Å². The van der Waals surface area contributed by atoms with Gasteiger partial charge in [-0.15, -0.1) is 0 Å². The minimum atomic E-state index is -0.373. The van der Waals surface area contributed by atoms with E-state index in [4.69, 9.17) is 0 Å². The Morgan fingerprint density at radius 3 is 2.50 bits per heavy atom. The average Bonchev–Trinajstić information content (AvgIpc) is 1.88. The van der Waals surface area contributed by atoms with Crippen molar-refractivity contribution >= 4 is 0 Å². The van der Waals surface area contributed by atoms with Gasteiger partial charge in [0.05, 0.1) is 0 Å². The van der Waals surface area contributed by atoms with E-state index >= 15 is 0 Å². The zero-order valence-corrected chi connectivity index (χ0v) is 6.89. The Morgan fingerprint density at radius 2 is 2.10 bits per heavy atom. The average molecular weight is 142 g/mol. The summed E-state index contributed by atoms with van der Waals surface area (Å²) < 4.78 is 11.5. The molecule has 0 aliphatic rings. The highest BCUT2D eigenvalue weighted by Crippen LogP contribution is 2.06. The summed E-state index contributed by atoms with van der Waals surface area (Å²) in [5.41, 5.74) is 1.28. The Morgan fingerprint density at radius 1 is 1.50 bits per heavy atom. The normalized spacial score (nSPS) is 13.5. The Balaban J connectivity index is 3.79. The third kappa shape index (κ3) is 4.30. The molecule has 0 aromatic carbocycles. The van der Waals surface area contributed by atoms with Crippen molar-refractivity contribution < 1.29 is 4.39 Å². The van der Waals surface area contributed by atoms with E-state index in [0.717, 1.165) is 0 Å². The Hall–Kier alpha value is -0.590. The van der Waals surface area contributed by atoms with Crippen LogP contribution in [0, 0.1) is 5.92 Å². The molecular formula is C9H15F. The van der Waals surface area contributed by atoms with Crippen LogP contribution < -0.4 is 0 Å². The van der Waals surface area contributed by atoms with Crippen molar-refractivity contribution in [2.45, 2.75) is 20.8 Å². The molecule has 0 aromatic rings. The summed E-state index contributed by atoms with van der Waals surface area (Å²) in [6.45, 7) is 5.92. The van der Waals surface area contributed by atoms with Crippen LogP contribution in [-0.2, 0) is 0 Å². The summed E-state index contributed by atoms with van der Waals surface area (Å²) in [5.74, 6) is 0.560. The molecule has 58 valence electrons. The van der Waals surface area contributed by atoms with Gasteiger partial charge in [0.15, 0.2) is 0 Å². The van der Waals surface area contributed by atoms with Crippen molar-refractivity contribution in [1.82, 2.24) is 0 Å². The molecule has 1 heteroatoms. The fraction of sp³-hybridized carbons (Fsp3) is 0.556. The Kier molecular flexibility index (Phi) is 4.91. The highest BCUT2D eigenvalue weighted by Gasteiger charge is 1.91. The van der Waals surface area contributed by atoms with E-state index < -0.39 is 0 Å². The minimum absolute atomic E-state index is 0.373. The van der Waals surface area contributed by atoms with Gasteiger partial charge in [0.2, 0.25) is 0 Å². The largest absolute Gasteiger partial charge is 0.247 e. The van der Waals surface area contributed by atoms with Gasteiger partial charge in [-0.1, -0.05) is 37.6 Å². The van der Waals surface area contributed by atoms with Crippen LogP contribution in [0.1, 0.15) is 20.8 Å². The first-order valence-corrected chi connectivity index (χ1v) is 3.57. The van der Waals surface area contributed by atoms with Gasteiger partial charge in [-0.25, -0.2) is 4.39 Å². The maximum Gasteiger partial charge on any atom is 0.108 e. The summed E-state index contributed by atoms with van der Waals surface area (Å²) in [5, 5.41) is 0. The molecule has 0 atom stereocenters. The van der Waals surface area contributed by atoms with Gasteiger partial charge in [0, 0.05) is 0 Å². The van der Waals surface area contributed by atoms with E-state index in [-0.39, 0.29) is 6.67 Å². The highest BCUT2D eigenvalue weighted by molar-refractivity contribution is 5.11. The van der Waals surface area contributed by atoms with Gasteiger partial charge in [0.1, 0.15) is 6.67 Å². The van der Waals surface area contributed by atoms with Crippen LogP contribution in [0.4, 0.5) is 4.39 Å². The highest BCUT2D eigenvalue weighted by atomic mass is 19.1. The fourth-order valence-corrected chi connectivity index (χ4v) is 0.464. The molecule has 0 radical (unpaired) electrons. The van der Waals surface area contributed by atoms with E-state index in [2.05, 4.69) is 13.8 Å². The van der Waals surface area contributed by atoms with Gasteiger partial charge in [-0.2, -0.15) is 0 Å². The predicted octanol–water partition coefficient (Wildman–Crippen LogP) is 3.11. The molecule has 0 rings (SSSR count). The molecule has 0 unspecified atom stereocenters. The third-order valence-corrected chi connectivity index (χ3v) is 1.49. The summed E-state index contributed by atoms with van der Waals surface area (Å²) in [4.78, 5) is 0. The number of rotatable bonds is 3. The van der Waals surface area contributed by atoms with Crippen molar-refractivity contribution in [2.24, 2.45) is 5.92 Å². The molecule has 0 aliphatic heterocycles. The van der Waals surface area contributed by atoms with Crippen molar-refractivity contribution in [3.63, 3.8) is 0 Å². The quantitative estimate of drug-likeness (QED) is 0.531. The second kappa shape index (κ2) is 5.21. The second-order valence-electron chi connectivity index (χ2n) is 2.65. The monoisotopic (exact) mass is 142 g/mol. The van der Waals surface area contributed by atoms with E-state index in [1.165, 1.54) is 11.6 Å². The first-order valence-electron chi connectivity index (χ1n) is 3.57. The SMILES string of the molecule is C/C(=C\C=C/CF)C(C)C. The lowest BCUT2D eigenvalue weighted by Gasteiger charge is -2.01. The summed E-state index contributed by atoms with van der Waals surface area (Å²) in [7, 11) is 0. The van der Waals surface area contributed by atoms with Crippen molar-refractivity contribution in [2.75, 3.05) is 6.67 Å². The van der Waals surface area contributed by atoms with Crippen LogP contribution in [0.3, 0.4) is 0 Å². The first-order chi connectivity index (χ1) is 4.68. The Bertz CT molecular complexity index is 132. The molecule has 0 fully saturated rings. The van der Waals surface area contributed by atoms with Gasteiger partial charge in [0.25, 0.3) is 0 Å². The van der Waals surface area contributed by atoms with Crippen LogP contribution in [0.25, 0.3) is 0 Å². The van der Waals surface area contributed by atoms with Gasteiger partial charge in [-0.05, 0) is 12.8 Å². The summed E-state index contributed by atoms with van der Waals surface area (Å²) in [6.07, 6.45) is 5.21. The number of halogens is 1. The standard InChI is InChI=1S/C9H15F/c1-8(2)9(3)6-4-5-7-10/h4-6,8H,7H2,1-3H3/b5-4-,9-6+. The molecule has 10 heavy (non-hydrogen) atoms. The van der Waals surface area contributed by atoms with Crippen LogP contribution in [0.15, 0.2) is 23.8 Å². The molecule has 0 aliphatic carbocycles. The summed E-state index contributed by atoms with van der Waals surface area (Å²) >= 11 is 0. The number of alkyl halides is 1. The van der Waals surface area contributed by atoms with E-state index in [0.29, 0.717) is 5.92 Å². The lowest BCUT2D eigenvalue weighted by Crippen LogP contribution is -1.86. The molecule has 0 saturated heterocycles. The van der Waals surface area contributed by atoms with Crippen LogP contribution >= 0.6 is 0 Å². The lowest BCUT2D eigenvalue weighted by molar-refractivity contribution is 0.562. The molecular weight excluding hydrogens is 127 g/mol. The molecule has 0 N–H and O–H groups in total. The molecule has 0 heterocycles. The molecule has 0 amide bonds. The van der Waals surface area contributed by atoms with Crippen LogP contribution in [-0.4, -0.2) is 6.67 Å². The number of allylic oxidation sites excluding steroid dienone is 4. The Labute approximate surface area is 62.4 Å². The summed E-state index contributed by atoms with van der Waals surface area (Å²) in [6, 6.07) is 0. The van der Waals surface area contributed by atoms with Crippen molar-refractivity contribution in [3.05, 3.63) is 23.8 Å². The van der Waals surface area contributed by atoms with Gasteiger partial charge < -0.3 is 0 Å². The van der Waals surface area contributed by atoms with E-state index in [1.807, 2.05) is 13.0 Å². The maximum atomic E-state index is 11.5. The molecule has 0 spiro atoms. The second-order valence-corrected chi connectivity index (χ2v) is 2.65. The van der Waals surface area contributed by atoms with Crippen LogP contribution in [0.5, 0.6) is 0 Å². The van der Waals surface area contributed by atoms with Crippen molar-refractivity contribution in [1.29, 1.82) is 0 Å². The minimum Gasteiger partial charge on any atom is -0.247 e. The topological polar surface area (TPSA) is 0 Å². The lowest BCUT2D eigenvalue weighted by atomic mass is 10.1. The smallest absolute Gasteiger partial charge is 0.108 e. The van der Waals surface area contributed by atoms with Gasteiger partial charge >= 0.3 is 0 Å². The molecule has 0 bridgehead atoms. The predicted molar refractivity (Wildman–Crippen MR) is 43.7 cm³/mol.